The Kier molecular flexibility index (Phi) is 5.95. The molecule has 128 valence electrons. The van der Waals surface area contributed by atoms with Gasteiger partial charge in [-0.25, -0.2) is 13.6 Å². The molecule has 0 atom stereocenters. The minimum atomic E-state index is -0.777. The van der Waals surface area contributed by atoms with Crippen LogP contribution in [0.4, 0.5) is 25.0 Å². The number of hydrogen-bond donors (Lipinski definition) is 2. The lowest BCUT2D eigenvalue weighted by Crippen LogP contribution is -2.32. The van der Waals surface area contributed by atoms with Crippen LogP contribution in [0.2, 0.25) is 0 Å². The maximum absolute atomic E-state index is 13.3. The summed E-state index contributed by atoms with van der Waals surface area (Å²) < 4.78 is 31.2. The number of amides is 2. The van der Waals surface area contributed by atoms with Crippen molar-refractivity contribution in [1.29, 1.82) is 0 Å². The number of nitrogens with one attached hydrogen (secondary N) is 2. The van der Waals surface area contributed by atoms with E-state index in [1.54, 1.807) is 12.1 Å². The summed E-state index contributed by atoms with van der Waals surface area (Å²) in [5.41, 5.74) is 1.68. The predicted molar refractivity (Wildman–Crippen MR) is 89.6 cm³/mol. The fraction of sp³-hybridized carbons (Fsp3) is 0.235. The summed E-state index contributed by atoms with van der Waals surface area (Å²) in [6.45, 7) is 0.244. The van der Waals surface area contributed by atoms with E-state index >= 15 is 0 Å². The van der Waals surface area contributed by atoms with Gasteiger partial charge in [0.15, 0.2) is 11.6 Å². The van der Waals surface area contributed by atoms with Crippen molar-refractivity contribution in [3.8, 4) is 5.75 Å². The third-order valence-corrected chi connectivity index (χ3v) is 3.18. The van der Waals surface area contributed by atoms with Crippen molar-refractivity contribution >= 4 is 17.4 Å². The molecule has 0 heterocycles. The zero-order valence-electron chi connectivity index (χ0n) is 13.5. The number of ether oxygens (including phenoxy) is 1. The molecule has 0 bridgehead atoms. The maximum atomic E-state index is 13.3. The average molecular weight is 335 g/mol. The van der Waals surface area contributed by atoms with E-state index in [0.29, 0.717) is 5.69 Å². The van der Waals surface area contributed by atoms with Crippen molar-refractivity contribution in [3.63, 3.8) is 0 Å². The smallest absolute Gasteiger partial charge is 0.319 e. The summed E-state index contributed by atoms with van der Waals surface area (Å²) in [4.78, 5) is 13.7. The Morgan fingerprint density at radius 2 is 1.83 bits per heavy atom. The lowest BCUT2D eigenvalue weighted by Gasteiger charge is -2.13. The molecule has 0 saturated heterocycles. The Labute approximate surface area is 139 Å². The largest absolute Gasteiger partial charge is 0.489 e. The summed E-state index contributed by atoms with van der Waals surface area (Å²) >= 11 is 0. The Morgan fingerprint density at radius 3 is 2.46 bits per heavy atom. The van der Waals surface area contributed by atoms with Crippen molar-refractivity contribution in [2.45, 2.75) is 0 Å². The van der Waals surface area contributed by atoms with Gasteiger partial charge in [-0.3, -0.25) is 0 Å². The molecule has 2 amide bonds. The minimum absolute atomic E-state index is 0.0575. The number of carbonyl (C=O) groups excluding carboxylic acids is 1. The molecule has 24 heavy (non-hydrogen) atoms. The fourth-order valence-electron chi connectivity index (χ4n) is 1.94. The second kappa shape index (κ2) is 8.14. The first-order valence-corrected chi connectivity index (χ1v) is 7.36. The van der Waals surface area contributed by atoms with Crippen LogP contribution in [-0.4, -0.2) is 33.3 Å². The zero-order chi connectivity index (χ0) is 17.5. The highest BCUT2D eigenvalue weighted by Crippen LogP contribution is 2.17. The molecular weight excluding hydrogens is 316 g/mol. The van der Waals surface area contributed by atoms with Crippen molar-refractivity contribution in [2.75, 3.05) is 37.5 Å². The number of hydrogen-bond acceptors (Lipinski definition) is 3. The monoisotopic (exact) mass is 335 g/mol. The molecule has 0 aromatic heterocycles. The molecule has 0 aliphatic rings. The molecule has 5 nitrogen and oxygen atoms in total. The van der Waals surface area contributed by atoms with Crippen LogP contribution in [0.15, 0.2) is 42.5 Å². The van der Waals surface area contributed by atoms with E-state index in [4.69, 9.17) is 4.74 Å². The van der Waals surface area contributed by atoms with Gasteiger partial charge < -0.3 is 20.3 Å². The standard InChI is InChI=1S/C17H19F2N3O2/c1-22(2)14-6-4-13(5-7-14)21-17(23)20-9-10-24-16-8-3-12(18)11-15(16)19/h3-8,11H,9-10H2,1-2H3,(H2,20,21,23). The molecule has 2 aromatic rings. The summed E-state index contributed by atoms with van der Waals surface area (Å²) in [5, 5.41) is 5.27. The topological polar surface area (TPSA) is 53.6 Å². The number of anilines is 2. The van der Waals surface area contributed by atoms with Gasteiger partial charge in [0.05, 0.1) is 6.54 Å². The highest BCUT2D eigenvalue weighted by Gasteiger charge is 2.05. The van der Waals surface area contributed by atoms with E-state index in [2.05, 4.69) is 10.6 Å². The molecule has 0 saturated carbocycles. The van der Waals surface area contributed by atoms with Gasteiger partial charge in [0.1, 0.15) is 12.4 Å². The third kappa shape index (κ3) is 5.12. The molecule has 2 rings (SSSR count). The third-order valence-electron chi connectivity index (χ3n) is 3.18. The second-order valence-electron chi connectivity index (χ2n) is 5.25. The van der Waals surface area contributed by atoms with E-state index in [-0.39, 0.29) is 18.9 Å². The highest BCUT2D eigenvalue weighted by molar-refractivity contribution is 5.89. The minimum Gasteiger partial charge on any atom is -0.489 e. The van der Waals surface area contributed by atoms with Crippen LogP contribution in [0.25, 0.3) is 0 Å². The fourth-order valence-corrected chi connectivity index (χ4v) is 1.94. The van der Waals surface area contributed by atoms with Gasteiger partial charge in [-0.15, -0.1) is 0 Å². The van der Waals surface area contributed by atoms with Crippen molar-refractivity contribution in [2.24, 2.45) is 0 Å². The summed E-state index contributed by atoms with van der Waals surface area (Å²) in [5.74, 6) is -1.50. The van der Waals surface area contributed by atoms with Gasteiger partial charge in [0.2, 0.25) is 0 Å². The van der Waals surface area contributed by atoms with Crippen LogP contribution in [0, 0.1) is 11.6 Å². The van der Waals surface area contributed by atoms with Crippen molar-refractivity contribution in [1.82, 2.24) is 5.32 Å². The van der Waals surface area contributed by atoms with Gasteiger partial charge in [-0.05, 0) is 36.4 Å². The second-order valence-corrected chi connectivity index (χ2v) is 5.25. The van der Waals surface area contributed by atoms with E-state index in [1.165, 1.54) is 6.07 Å². The van der Waals surface area contributed by atoms with Gasteiger partial charge in [0.25, 0.3) is 0 Å². The van der Waals surface area contributed by atoms with Crippen LogP contribution in [0.1, 0.15) is 0 Å². The van der Waals surface area contributed by atoms with Gasteiger partial charge in [-0.2, -0.15) is 0 Å². The normalized spacial score (nSPS) is 10.2. The van der Waals surface area contributed by atoms with Gasteiger partial charge in [0, 0.05) is 31.5 Å². The first-order valence-electron chi connectivity index (χ1n) is 7.36. The molecule has 2 N–H and O–H groups in total. The van der Waals surface area contributed by atoms with Crippen molar-refractivity contribution in [3.05, 3.63) is 54.1 Å². The molecule has 0 spiro atoms. The first-order chi connectivity index (χ1) is 11.5. The van der Waals surface area contributed by atoms with E-state index in [9.17, 15) is 13.6 Å². The molecule has 0 aliphatic carbocycles. The van der Waals surface area contributed by atoms with E-state index in [1.807, 2.05) is 31.1 Å². The Hall–Kier alpha value is -2.83. The van der Waals surface area contributed by atoms with Crippen LogP contribution in [-0.2, 0) is 0 Å². The number of carbonyl (C=O) groups is 1. The number of halogens is 2. The van der Waals surface area contributed by atoms with E-state index in [0.717, 1.165) is 17.8 Å². The Bertz CT molecular complexity index is 691. The Balaban J connectivity index is 1.73. The van der Waals surface area contributed by atoms with Gasteiger partial charge in [-0.1, -0.05) is 0 Å². The Morgan fingerprint density at radius 1 is 1.12 bits per heavy atom. The lowest BCUT2D eigenvalue weighted by molar-refractivity contribution is 0.246. The molecule has 7 heteroatoms. The van der Waals surface area contributed by atoms with Crippen LogP contribution < -0.4 is 20.3 Å². The van der Waals surface area contributed by atoms with Crippen LogP contribution in [0.3, 0.4) is 0 Å². The molecule has 2 aromatic carbocycles. The SMILES string of the molecule is CN(C)c1ccc(NC(=O)NCCOc2ccc(F)cc2F)cc1. The first kappa shape index (κ1) is 17.5. The number of rotatable bonds is 6. The molecule has 0 aliphatic heterocycles. The van der Waals surface area contributed by atoms with Crippen LogP contribution >= 0.6 is 0 Å². The lowest BCUT2D eigenvalue weighted by atomic mass is 10.2. The molecule has 0 radical (unpaired) electrons. The zero-order valence-corrected chi connectivity index (χ0v) is 13.5. The quantitative estimate of drug-likeness (QED) is 0.797. The van der Waals surface area contributed by atoms with Crippen LogP contribution in [0.5, 0.6) is 5.75 Å². The summed E-state index contributed by atoms with van der Waals surface area (Å²) in [6, 6.07) is 10.0. The highest BCUT2D eigenvalue weighted by atomic mass is 19.1. The average Bonchev–Trinajstić information content (AvgIpc) is 2.53. The summed E-state index contributed by atoms with van der Waals surface area (Å²) in [6.07, 6.45) is 0. The maximum Gasteiger partial charge on any atom is 0.319 e. The molecular formula is C17H19F2N3O2. The number of benzene rings is 2. The summed E-state index contributed by atoms with van der Waals surface area (Å²) in [7, 11) is 3.86. The van der Waals surface area contributed by atoms with E-state index < -0.39 is 17.7 Å². The number of urea groups is 1. The van der Waals surface area contributed by atoms with Gasteiger partial charge >= 0.3 is 6.03 Å². The predicted octanol–water partition coefficient (Wildman–Crippen LogP) is 3.23. The molecule has 0 fully saturated rings. The molecule has 0 unspecified atom stereocenters. The van der Waals surface area contributed by atoms with Crippen molar-refractivity contribution < 1.29 is 18.3 Å². The number of nitrogens with zero attached hydrogens (tertiary/aromatic N) is 1.